The summed E-state index contributed by atoms with van der Waals surface area (Å²) in [7, 11) is 5.40. The molecule has 1 unspecified atom stereocenters. The largest absolute Gasteiger partial charge is 0.493 e. The first-order valence-corrected chi connectivity index (χ1v) is 5.70. The quantitative estimate of drug-likeness (QED) is 0.898. The molecule has 0 radical (unpaired) electrons. The summed E-state index contributed by atoms with van der Waals surface area (Å²) in [6.45, 7) is 1.03. The van der Waals surface area contributed by atoms with Gasteiger partial charge in [0.05, 0.1) is 14.2 Å². The fourth-order valence-electron chi connectivity index (χ4n) is 2.58. The Bertz CT molecular complexity index is 382. The third-order valence-corrected chi connectivity index (χ3v) is 3.32. The van der Waals surface area contributed by atoms with Gasteiger partial charge in [-0.15, -0.1) is 12.4 Å². The van der Waals surface area contributed by atoms with Gasteiger partial charge >= 0.3 is 0 Å². The molecule has 1 aliphatic carbocycles. The van der Waals surface area contributed by atoms with E-state index in [0.717, 1.165) is 24.5 Å². The molecule has 0 aromatic heterocycles. The molecule has 0 heterocycles. The Morgan fingerprint density at radius 3 is 2.65 bits per heavy atom. The maximum Gasteiger partial charge on any atom is 0.164 e. The molecule has 0 saturated carbocycles. The molecular weight excluding hydrogens is 238 g/mol. The number of rotatable bonds is 4. The number of hydrogen-bond acceptors (Lipinski definition) is 3. The van der Waals surface area contributed by atoms with Gasteiger partial charge < -0.3 is 14.8 Å². The first-order chi connectivity index (χ1) is 7.81. The van der Waals surface area contributed by atoms with Crippen molar-refractivity contribution in [1.29, 1.82) is 0 Å². The van der Waals surface area contributed by atoms with Crippen LogP contribution in [-0.2, 0) is 6.42 Å². The van der Waals surface area contributed by atoms with E-state index in [9.17, 15) is 0 Å². The van der Waals surface area contributed by atoms with Crippen molar-refractivity contribution in [3.63, 3.8) is 0 Å². The number of ether oxygens (including phenoxy) is 2. The van der Waals surface area contributed by atoms with Crippen molar-refractivity contribution in [3.05, 3.63) is 23.3 Å². The summed E-state index contributed by atoms with van der Waals surface area (Å²) >= 11 is 0. The lowest BCUT2D eigenvalue weighted by molar-refractivity contribution is 0.352. The number of nitrogens with one attached hydrogen (secondary N) is 1. The topological polar surface area (TPSA) is 30.5 Å². The first-order valence-electron chi connectivity index (χ1n) is 5.70. The molecule has 1 aliphatic rings. The first kappa shape index (κ1) is 14.1. The van der Waals surface area contributed by atoms with E-state index in [-0.39, 0.29) is 12.4 Å². The molecule has 0 spiro atoms. The Labute approximate surface area is 109 Å². The highest BCUT2D eigenvalue weighted by atomic mass is 35.5. The van der Waals surface area contributed by atoms with E-state index in [1.54, 1.807) is 14.2 Å². The number of benzene rings is 1. The SMILES string of the molecule is CNCC1CCc2c1ccc(OC)c2OC.Cl. The van der Waals surface area contributed by atoms with Gasteiger partial charge in [-0.1, -0.05) is 6.07 Å². The summed E-state index contributed by atoms with van der Waals surface area (Å²) in [6, 6.07) is 4.18. The van der Waals surface area contributed by atoms with E-state index in [0.29, 0.717) is 5.92 Å². The van der Waals surface area contributed by atoms with Gasteiger partial charge in [0.25, 0.3) is 0 Å². The molecule has 1 aromatic carbocycles. The zero-order chi connectivity index (χ0) is 11.5. The van der Waals surface area contributed by atoms with Gasteiger partial charge in [0, 0.05) is 12.1 Å². The number of methoxy groups -OCH3 is 2. The smallest absolute Gasteiger partial charge is 0.164 e. The van der Waals surface area contributed by atoms with Gasteiger partial charge in [0.1, 0.15) is 0 Å². The normalized spacial score (nSPS) is 17.2. The molecule has 0 fully saturated rings. The van der Waals surface area contributed by atoms with Crippen LogP contribution in [0.1, 0.15) is 23.5 Å². The fraction of sp³-hybridized carbons (Fsp3) is 0.538. The lowest BCUT2D eigenvalue weighted by Crippen LogP contribution is -2.15. The summed E-state index contributed by atoms with van der Waals surface area (Å²) in [5.74, 6) is 2.37. The van der Waals surface area contributed by atoms with Crippen LogP contribution in [0.3, 0.4) is 0 Å². The third-order valence-electron chi connectivity index (χ3n) is 3.32. The lowest BCUT2D eigenvalue weighted by Gasteiger charge is -2.14. The molecule has 0 amide bonds. The highest BCUT2D eigenvalue weighted by Gasteiger charge is 2.26. The number of hydrogen-bond donors (Lipinski definition) is 1. The predicted molar refractivity (Wildman–Crippen MR) is 71.8 cm³/mol. The van der Waals surface area contributed by atoms with Crippen molar-refractivity contribution in [2.75, 3.05) is 27.8 Å². The molecule has 1 atom stereocenters. The molecule has 0 aliphatic heterocycles. The zero-order valence-electron chi connectivity index (χ0n) is 10.6. The minimum Gasteiger partial charge on any atom is -0.493 e. The summed E-state index contributed by atoms with van der Waals surface area (Å²) < 4.78 is 10.8. The Morgan fingerprint density at radius 1 is 1.29 bits per heavy atom. The second-order valence-electron chi connectivity index (χ2n) is 4.16. The molecule has 0 saturated heterocycles. The van der Waals surface area contributed by atoms with E-state index in [1.165, 1.54) is 17.5 Å². The van der Waals surface area contributed by atoms with Crippen LogP contribution in [0.5, 0.6) is 11.5 Å². The minimum absolute atomic E-state index is 0. The Morgan fingerprint density at radius 2 is 2.06 bits per heavy atom. The average molecular weight is 258 g/mol. The van der Waals surface area contributed by atoms with E-state index < -0.39 is 0 Å². The summed E-state index contributed by atoms with van der Waals surface area (Å²) in [6.07, 6.45) is 2.28. The maximum absolute atomic E-state index is 5.46. The van der Waals surface area contributed by atoms with E-state index in [1.807, 2.05) is 13.1 Å². The second kappa shape index (κ2) is 6.12. The van der Waals surface area contributed by atoms with E-state index in [4.69, 9.17) is 9.47 Å². The van der Waals surface area contributed by atoms with Crippen LogP contribution in [0.4, 0.5) is 0 Å². The molecule has 1 N–H and O–H groups in total. The Balaban J connectivity index is 0.00000144. The molecule has 1 aromatic rings. The van der Waals surface area contributed by atoms with Crippen LogP contribution in [0, 0.1) is 0 Å². The van der Waals surface area contributed by atoms with Crippen molar-refractivity contribution >= 4 is 12.4 Å². The monoisotopic (exact) mass is 257 g/mol. The van der Waals surface area contributed by atoms with Crippen LogP contribution in [0.15, 0.2) is 12.1 Å². The average Bonchev–Trinajstić information content (AvgIpc) is 2.72. The van der Waals surface area contributed by atoms with E-state index >= 15 is 0 Å². The molecule has 17 heavy (non-hydrogen) atoms. The molecule has 0 bridgehead atoms. The van der Waals surface area contributed by atoms with Crippen molar-refractivity contribution in [1.82, 2.24) is 5.32 Å². The van der Waals surface area contributed by atoms with Crippen LogP contribution >= 0.6 is 12.4 Å². The summed E-state index contributed by atoms with van der Waals surface area (Å²) in [4.78, 5) is 0. The van der Waals surface area contributed by atoms with Crippen molar-refractivity contribution in [2.45, 2.75) is 18.8 Å². The Hall–Kier alpha value is -0.930. The molecular formula is C13H20ClNO2. The van der Waals surface area contributed by atoms with Gasteiger partial charge in [-0.2, -0.15) is 0 Å². The minimum atomic E-state index is 0. The zero-order valence-corrected chi connectivity index (χ0v) is 11.4. The van der Waals surface area contributed by atoms with Crippen LogP contribution < -0.4 is 14.8 Å². The number of likely N-dealkylation sites (N-methyl/N-ethyl adjacent to an activating group) is 1. The van der Waals surface area contributed by atoms with Gasteiger partial charge in [0.15, 0.2) is 11.5 Å². The maximum atomic E-state index is 5.46. The van der Waals surface area contributed by atoms with Gasteiger partial charge in [-0.3, -0.25) is 0 Å². The van der Waals surface area contributed by atoms with E-state index in [2.05, 4.69) is 11.4 Å². The third kappa shape index (κ3) is 2.50. The molecule has 4 heteroatoms. The van der Waals surface area contributed by atoms with Crippen LogP contribution in [-0.4, -0.2) is 27.8 Å². The number of fused-ring (bicyclic) bond motifs is 1. The fourth-order valence-corrected chi connectivity index (χ4v) is 2.58. The highest BCUT2D eigenvalue weighted by Crippen LogP contribution is 2.42. The van der Waals surface area contributed by atoms with Crippen molar-refractivity contribution in [2.24, 2.45) is 0 Å². The molecule has 3 nitrogen and oxygen atoms in total. The summed E-state index contributed by atoms with van der Waals surface area (Å²) in [5.41, 5.74) is 2.73. The Kier molecular flexibility index (Phi) is 5.09. The van der Waals surface area contributed by atoms with Gasteiger partial charge in [-0.25, -0.2) is 0 Å². The standard InChI is InChI=1S/C13H19NO2.ClH/c1-14-8-9-4-5-11-10(9)6-7-12(15-2)13(11)16-3;/h6-7,9,14H,4-5,8H2,1-3H3;1H. The van der Waals surface area contributed by atoms with Crippen LogP contribution in [0.2, 0.25) is 0 Å². The molecule has 96 valence electrons. The van der Waals surface area contributed by atoms with Crippen LogP contribution in [0.25, 0.3) is 0 Å². The summed E-state index contributed by atoms with van der Waals surface area (Å²) in [5, 5.41) is 3.24. The van der Waals surface area contributed by atoms with Crippen molar-refractivity contribution < 1.29 is 9.47 Å². The van der Waals surface area contributed by atoms with Gasteiger partial charge in [0.2, 0.25) is 0 Å². The lowest BCUT2D eigenvalue weighted by atomic mass is 10.0. The second-order valence-corrected chi connectivity index (χ2v) is 4.16. The highest BCUT2D eigenvalue weighted by molar-refractivity contribution is 5.85. The predicted octanol–water partition coefficient (Wildman–Crippen LogP) is 2.37. The van der Waals surface area contributed by atoms with Gasteiger partial charge in [-0.05, 0) is 37.4 Å². The number of halogens is 1. The molecule has 2 rings (SSSR count). The van der Waals surface area contributed by atoms with Crippen molar-refractivity contribution in [3.8, 4) is 11.5 Å².